The minimum Gasteiger partial charge on any atom is -0.349 e. The first kappa shape index (κ1) is 18.9. The van der Waals surface area contributed by atoms with Crippen molar-refractivity contribution in [1.82, 2.24) is 5.32 Å². The molecule has 0 saturated carbocycles. The van der Waals surface area contributed by atoms with E-state index in [9.17, 15) is 14.4 Å². The topological polar surface area (TPSA) is 82.9 Å². The molecule has 25 heavy (non-hydrogen) atoms. The summed E-state index contributed by atoms with van der Waals surface area (Å²) in [6, 6.07) is 7.12. The van der Waals surface area contributed by atoms with Gasteiger partial charge >= 0.3 is 0 Å². The Balaban J connectivity index is 2.12. The van der Waals surface area contributed by atoms with Gasteiger partial charge in [-0.2, -0.15) is 0 Å². The van der Waals surface area contributed by atoms with E-state index >= 15 is 0 Å². The lowest BCUT2D eigenvalue weighted by Crippen LogP contribution is -3.11. The standard InChI is InChI=1S/C18H26N4O3/c1-12(2)19-17(24)10-21(4)11-18(25)22-13(3)9-16(23)20-14-7-5-6-8-15(14)22/h5-8,12-13H,9-11H2,1-4H3,(H,19,24)(H,20,23)/p+1/t13-/m1/s1. The lowest BCUT2D eigenvalue weighted by atomic mass is 10.1. The Bertz CT molecular complexity index is 659. The SMILES string of the molecule is CC(C)NC(=O)C[NH+](C)CC(=O)N1c2ccccc2NC(=O)C[C@H]1C. The lowest BCUT2D eigenvalue weighted by Gasteiger charge is -2.28. The van der Waals surface area contributed by atoms with Crippen LogP contribution in [0.5, 0.6) is 0 Å². The van der Waals surface area contributed by atoms with E-state index in [2.05, 4.69) is 10.6 Å². The van der Waals surface area contributed by atoms with Gasteiger partial charge in [-0.1, -0.05) is 12.1 Å². The third-order valence-electron chi connectivity index (χ3n) is 3.99. The van der Waals surface area contributed by atoms with Crippen molar-refractivity contribution in [3.63, 3.8) is 0 Å². The van der Waals surface area contributed by atoms with E-state index < -0.39 is 0 Å². The molecule has 1 aromatic carbocycles. The summed E-state index contributed by atoms with van der Waals surface area (Å²) in [6.07, 6.45) is 0.243. The molecule has 3 amide bonds. The van der Waals surface area contributed by atoms with Crippen LogP contribution in [0.25, 0.3) is 0 Å². The van der Waals surface area contributed by atoms with Crippen LogP contribution in [-0.2, 0) is 14.4 Å². The van der Waals surface area contributed by atoms with Crippen LogP contribution in [0.3, 0.4) is 0 Å². The first-order chi connectivity index (χ1) is 11.8. The summed E-state index contributed by atoms with van der Waals surface area (Å²) in [7, 11) is 1.82. The Kier molecular flexibility index (Phi) is 6.14. The second kappa shape index (κ2) is 8.11. The molecule has 1 aliphatic heterocycles. The number of likely N-dealkylation sites (N-methyl/N-ethyl adjacent to an activating group) is 1. The number of nitrogens with one attached hydrogen (secondary N) is 3. The lowest BCUT2D eigenvalue weighted by molar-refractivity contribution is -0.862. The van der Waals surface area contributed by atoms with E-state index in [1.165, 1.54) is 0 Å². The third-order valence-corrected chi connectivity index (χ3v) is 3.99. The van der Waals surface area contributed by atoms with Gasteiger partial charge in [0.05, 0.1) is 18.4 Å². The predicted molar refractivity (Wildman–Crippen MR) is 96.5 cm³/mol. The Hall–Kier alpha value is -2.41. The van der Waals surface area contributed by atoms with Crippen molar-refractivity contribution in [3.8, 4) is 0 Å². The summed E-state index contributed by atoms with van der Waals surface area (Å²) >= 11 is 0. The Morgan fingerprint density at radius 2 is 2.00 bits per heavy atom. The molecule has 0 fully saturated rings. The Labute approximate surface area is 148 Å². The zero-order valence-electron chi connectivity index (χ0n) is 15.3. The van der Waals surface area contributed by atoms with Crippen LogP contribution in [0, 0.1) is 0 Å². The predicted octanol–water partition coefficient (Wildman–Crippen LogP) is -0.210. The summed E-state index contributed by atoms with van der Waals surface area (Å²) in [4.78, 5) is 39.2. The molecule has 0 spiro atoms. The molecule has 0 aliphatic carbocycles. The molecule has 1 aromatic rings. The molecule has 136 valence electrons. The van der Waals surface area contributed by atoms with Crippen molar-refractivity contribution in [2.75, 3.05) is 30.4 Å². The molecule has 3 N–H and O–H groups in total. The summed E-state index contributed by atoms with van der Waals surface area (Å²) in [6.45, 7) is 6.07. The number of amides is 3. The minimum atomic E-state index is -0.242. The fraction of sp³-hybridized carbons (Fsp3) is 0.500. The zero-order chi connectivity index (χ0) is 18.6. The molecule has 1 aliphatic rings. The van der Waals surface area contributed by atoms with Crippen LogP contribution in [0.1, 0.15) is 27.2 Å². The van der Waals surface area contributed by atoms with Gasteiger partial charge in [0.1, 0.15) is 0 Å². The minimum absolute atomic E-state index is 0.0746. The van der Waals surface area contributed by atoms with Crippen molar-refractivity contribution < 1.29 is 19.3 Å². The average molecular weight is 347 g/mol. The van der Waals surface area contributed by atoms with Crippen molar-refractivity contribution >= 4 is 29.1 Å². The first-order valence-corrected chi connectivity index (χ1v) is 8.59. The summed E-state index contributed by atoms with van der Waals surface area (Å²) < 4.78 is 0. The van der Waals surface area contributed by atoms with Crippen LogP contribution in [0.4, 0.5) is 11.4 Å². The number of anilines is 2. The quantitative estimate of drug-likeness (QED) is 0.689. The van der Waals surface area contributed by atoms with Crippen molar-refractivity contribution in [2.24, 2.45) is 0 Å². The van der Waals surface area contributed by atoms with Crippen LogP contribution in [0.2, 0.25) is 0 Å². The summed E-state index contributed by atoms with van der Waals surface area (Å²) in [5.74, 6) is -0.292. The molecular weight excluding hydrogens is 320 g/mol. The highest BCUT2D eigenvalue weighted by Gasteiger charge is 2.31. The number of hydrogen-bond donors (Lipinski definition) is 3. The molecular formula is C18H27N4O3+. The number of hydrogen-bond acceptors (Lipinski definition) is 3. The normalized spacial score (nSPS) is 18.2. The molecule has 0 bridgehead atoms. The number of fused-ring (bicyclic) bond motifs is 1. The summed E-state index contributed by atoms with van der Waals surface area (Å²) in [5.41, 5.74) is 1.34. The number of rotatable bonds is 5. The number of carbonyl (C=O) groups is 3. The number of nitrogens with zero attached hydrogens (tertiary/aromatic N) is 1. The van der Waals surface area contributed by atoms with Crippen LogP contribution < -0.4 is 20.4 Å². The van der Waals surface area contributed by atoms with Crippen LogP contribution in [0.15, 0.2) is 24.3 Å². The van der Waals surface area contributed by atoms with Gasteiger partial charge in [0.25, 0.3) is 11.8 Å². The van der Waals surface area contributed by atoms with Crippen LogP contribution in [-0.4, -0.2) is 49.9 Å². The molecule has 7 nitrogen and oxygen atoms in total. The fourth-order valence-electron chi connectivity index (χ4n) is 3.02. The second-order valence-corrected chi connectivity index (χ2v) is 6.92. The van der Waals surface area contributed by atoms with Gasteiger partial charge in [-0.3, -0.25) is 14.4 Å². The van der Waals surface area contributed by atoms with E-state index in [0.29, 0.717) is 11.4 Å². The van der Waals surface area contributed by atoms with E-state index in [-0.39, 0.29) is 49.3 Å². The second-order valence-electron chi connectivity index (χ2n) is 6.92. The maximum absolute atomic E-state index is 12.9. The van der Waals surface area contributed by atoms with E-state index in [1.807, 2.05) is 46.0 Å². The molecule has 0 radical (unpaired) electrons. The molecule has 1 heterocycles. The molecule has 2 rings (SSSR count). The van der Waals surface area contributed by atoms with Crippen molar-refractivity contribution in [2.45, 2.75) is 39.3 Å². The Morgan fingerprint density at radius 3 is 2.68 bits per heavy atom. The molecule has 2 atom stereocenters. The molecule has 1 unspecified atom stereocenters. The summed E-state index contributed by atoms with van der Waals surface area (Å²) in [5, 5.41) is 5.67. The van der Waals surface area contributed by atoms with Gasteiger partial charge in [-0.15, -0.1) is 0 Å². The van der Waals surface area contributed by atoms with Crippen molar-refractivity contribution in [1.29, 1.82) is 0 Å². The maximum Gasteiger partial charge on any atom is 0.282 e. The number of benzene rings is 1. The smallest absolute Gasteiger partial charge is 0.282 e. The monoisotopic (exact) mass is 347 g/mol. The van der Waals surface area contributed by atoms with Gasteiger partial charge in [0.15, 0.2) is 13.1 Å². The van der Waals surface area contributed by atoms with E-state index in [0.717, 1.165) is 4.90 Å². The largest absolute Gasteiger partial charge is 0.349 e. The van der Waals surface area contributed by atoms with Crippen molar-refractivity contribution in [3.05, 3.63) is 24.3 Å². The highest BCUT2D eigenvalue weighted by molar-refractivity contribution is 6.04. The van der Waals surface area contributed by atoms with Gasteiger partial charge in [0, 0.05) is 18.5 Å². The van der Waals surface area contributed by atoms with Gasteiger partial charge < -0.3 is 20.4 Å². The average Bonchev–Trinajstić information content (AvgIpc) is 2.59. The fourth-order valence-corrected chi connectivity index (χ4v) is 3.02. The number of carbonyl (C=O) groups excluding carboxylic acids is 3. The van der Waals surface area contributed by atoms with Crippen LogP contribution >= 0.6 is 0 Å². The Morgan fingerprint density at radius 1 is 1.32 bits per heavy atom. The van der Waals surface area contributed by atoms with Gasteiger partial charge in [-0.25, -0.2) is 0 Å². The zero-order valence-corrected chi connectivity index (χ0v) is 15.3. The first-order valence-electron chi connectivity index (χ1n) is 8.59. The molecule has 0 saturated heterocycles. The maximum atomic E-state index is 12.9. The highest BCUT2D eigenvalue weighted by Crippen LogP contribution is 2.30. The van der Waals surface area contributed by atoms with E-state index in [4.69, 9.17) is 0 Å². The van der Waals surface area contributed by atoms with Gasteiger partial charge in [-0.05, 0) is 32.9 Å². The highest BCUT2D eigenvalue weighted by atomic mass is 16.2. The third kappa shape index (κ3) is 5.03. The van der Waals surface area contributed by atoms with E-state index in [1.54, 1.807) is 11.0 Å². The number of quaternary nitrogens is 1. The molecule has 7 heteroatoms. The number of para-hydroxylation sites is 2. The van der Waals surface area contributed by atoms with Gasteiger partial charge in [0.2, 0.25) is 5.91 Å². The molecule has 0 aromatic heterocycles.